The van der Waals surface area contributed by atoms with Crippen molar-refractivity contribution in [2.24, 2.45) is 5.92 Å². The third-order valence-corrected chi connectivity index (χ3v) is 5.96. The summed E-state index contributed by atoms with van der Waals surface area (Å²) in [7, 11) is 0. The molecule has 3 heterocycles. The second-order valence-electron chi connectivity index (χ2n) is 7.64. The van der Waals surface area contributed by atoms with Crippen molar-refractivity contribution < 1.29 is 14.3 Å². The number of aromatic nitrogens is 2. The highest BCUT2D eigenvalue weighted by molar-refractivity contribution is 5.92. The monoisotopic (exact) mass is 360 g/mol. The van der Waals surface area contributed by atoms with E-state index in [9.17, 15) is 9.59 Å². The molecule has 4 rings (SSSR count). The van der Waals surface area contributed by atoms with Crippen molar-refractivity contribution in [3.8, 4) is 0 Å². The van der Waals surface area contributed by atoms with Gasteiger partial charge in [0.05, 0.1) is 24.9 Å². The van der Waals surface area contributed by atoms with E-state index in [0.717, 1.165) is 57.2 Å². The summed E-state index contributed by atoms with van der Waals surface area (Å²) in [5.41, 5.74) is 1.34. The first-order chi connectivity index (χ1) is 12.7. The molecule has 0 aromatic carbocycles. The van der Waals surface area contributed by atoms with E-state index in [0.29, 0.717) is 37.9 Å². The zero-order valence-corrected chi connectivity index (χ0v) is 15.3. The van der Waals surface area contributed by atoms with Crippen LogP contribution in [0.15, 0.2) is 6.07 Å². The van der Waals surface area contributed by atoms with Crippen molar-refractivity contribution in [3.63, 3.8) is 0 Å². The van der Waals surface area contributed by atoms with E-state index in [1.54, 1.807) is 4.90 Å². The average Bonchev–Trinajstić information content (AvgIpc) is 3.40. The van der Waals surface area contributed by atoms with Gasteiger partial charge in [-0.2, -0.15) is 5.10 Å². The van der Waals surface area contributed by atoms with Gasteiger partial charge in [0.1, 0.15) is 5.69 Å². The standard InChI is InChI=1S/C19H28N4O3/c24-18(14-5-1-2-6-14)23-8-4-3-7-17(23)15-13-16(21-20-15)19(25)22-9-11-26-12-10-22/h13-14,17H,1-12H2,(H,20,21). The molecule has 7 nitrogen and oxygen atoms in total. The molecule has 26 heavy (non-hydrogen) atoms. The molecule has 2 aliphatic heterocycles. The maximum atomic E-state index is 13.0. The van der Waals surface area contributed by atoms with E-state index >= 15 is 0 Å². The Morgan fingerprint density at radius 1 is 1.04 bits per heavy atom. The molecule has 2 saturated heterocycles. The fraction of sp³-hybridized carbons (Fsp3) is 0.737. The summed E-state index contributed by atoms with van der Waals surface area (Å²) in [6.45, 7) is 3.18. The fourth-order valence-corrected chi connectivity index (χ4v) is 4.47. The van der Waals surface area contributed by atoms with Crippen LogP contribution in [0.25, 0.3) is 0 Å². The number of H-pyrrole nitrogens is 1. The number of nitrogens with zero attached hydrogens (tertiary/aromatic N) is 3. The Labute approximate surface area is 154 Å². The number of hydrogen-bond donors (Lipinski definition) is 1. The van der Waals surface area contributed by atoms with Gasteiger partial charge in [0.25, 0.3) is 5.91 Å². The van der Waals surface area contributed by atoms with Crippen LogP contribution in [-0.4, -0.2) is 64.7 Å². The molecular weight excluding hydrogens is 332 g/mol. The Kier molecular flexibility index (Phi) is 5.24. The van der Waals surface area contributed by atoms with Crippen LogP contribution in [0.1, 0.15) is 67.2 Å². The molecule has 1 saturated carbocycles. The Bertz CT molecular complexity index is 647. The summed E-state index contributed by atoms with van der Waals surface area (Å²) in [6, 6.07) is 1.87. The predicted molar refractivity (Wildman–Crippen MR) is 95.6 cm³/mol. The van der Waals surface area contributed by atoms with Crippen LogP contribution < -0.4 is 0 Å². The third-order valence-electron chi connectivity index (χ3n) is 5.96. The van der Waals surface area contributed by atoms with Crippen molar-refractivity contribution in [1.82, 2.24) is 20.0 Å². The normalized spacial score (nSPS) is 24.8. The molecule has 7 heteroatoms. The maximum absolute atomic E-state index is 13.0. The molecule has 142 valence electrons. The smallest absolute Gasteiger partial charge is 0.274 e. The van der Waals surface area contributed by atoms with Gasteiger partial charge in [-0.25, -0.2) is 0 Å². The van der Waals surface area contributed by atoms with Gasteiger partial charge in [0, 0.05) is 25.6 Å². The van der Waals surface area contributed by atoms with E-state index in [1.165, 1.54) is 0 Å². The zero-order valence-electron chi connectivity index (χ0n) is 15.3. The lowest BCUT2D eigenvalue weighted by Crippen LogP contribution is -2.41. The van der Waals surface area contributed by atoms with Gasteiger partial charge in [-0.05, 0) is 38.2 Å². The average molecular weight is 360 g/mol. The first-order valence-corrected chi connectivity index (χ1v) is 9.97. The number of rotatable bonds is 3. The molecule has 3 fully saturated rings. The minimum atomic E-state index is -0.0553. The van der Waals surface area contributed by atoms with Crippen LogP contribution in [0.4, 0.5) is 0 Å². The van der Waals surface area contributed by atoms with Gasteiger partial charge in [-0.15, -0.1) is 0 Å². The molecule has 2 amide bonds. The van der Waals surface area contributed by atoms with Crippen LogP contribution in [-0.2, 0) is 9.53 Å². The van der Waals surface area contributed by atoms with E-state index < -0.39 is 0 Å². The molecule has 1 N–H and O–H groups in total. The van der Waals surface area contributed by atoms with Gasteiger partial charge in [0.2, 0.25) is 5.91 Å². The zero-order chi connectivity index (χ0) is 17.9. The molecular formula is C19H28N4O3. The number of amides is 2. The summed E-state index contributed by atoms with van der Waals surface area (Å²) in [5, 5.41) is 7.31. The van der Waals surface area contributed by atoms with Crippen molar-refractivity contribution in [1.29, 1.82) is 0 Å². The minimum Gasteiger partial charge on any atom is -0.378 e. The molecule has 0 radical (unpaired) electrons. The largest absolute Gasteiger partial charge is 0.378 e. The molecule has 3 aliphatic rings. The topological polar surface area (TPSA) is 78.5 Å². The summed E-state index contributed by atoms with van der Waals surface area (Å²) < 4.78 is 5.31. The van der Waals surface area contributed by atoms with Gasteiger partial charge in [-0.1, -0.05) is 12.8 Å². The second kappa shape index (κ2) is 7.78. The van der Waals surface area contributed by atoms with E-state index in [4.69, 9.17) is 4.74 Å². The highest BCUT2D eigenvalue weighted by Crippen LogP contribution is 2.35. The van der Waals surface area contributed by atoms with Crippen LogP contribution in [0, 0.1) is 5.92 Å². The molecule has 1 unspecified atom stereocenters. The lowest BCUT2D eigenvalue weighted by atomic mass is 9.96. The van der Waals surface area contributed by atoms with Crippen molar-refractivity contribution in [2.45, 2.75) is 51.0 Å². The highest BCUT2D eigenvalue weighted by atomic mass is 16.5. The Morgan fingerprint density at radius 2 is 1.77 bits per heavy atom. The number of ether oxygens (including phenoxy) is 1. The summed E-state index contributed by atoms with van der Waals surface area (Å²) in [5.74, 6) is 0.427. The lowest BCUT2D eigenvalue weighted by Gasteiger charge is -2.36. The van der Waals surface area contributed by atoms with Crippen molar-refractivity contribution >= 4 is 11.8 Å². The highest BCUT2D eigenvalue weighted by Gasteiger charge is 2.35. The van der Waals surface area contributed by atoms with E-state index in [-0.39, 0.29) is 17.9 Å². The lowest BCUT2D eigenvalue weighted by molar-refractivity contribution is -0.139. The molecule has 0 spiro atoms. The first-order valence-electron chi connectivity index (χ1n) is 9.97. The number of morpholine rings is 1. The van der Waals surface area contributed by atoms with Gasteiger partial charge in [-0.3, -0.25) is 14.7 Å². The van der Waals surface area contributed by atoms with Crippen molar-refractivity contribution in [2.75, 3.05) is 32.8 Å². The number of likely N-dealkylation sites (tertiary alicyclic amines) is 1. The van der Waals surface area contributed by atoms with Crippen LogP contribution >= 0.6 is 0 Å². The predicted octanol–water partition coefficient (Wildman–Crippen LogP) is 2.13. The van der Waals surface area contributed by atoms with Gasteiger partial charge < -0.3 is 14.5 Å². The molecule has 1 aliphatic carbocycles. The molecule has 1 atom stereocenters. The summed E-state index contributed by atoms with van der Waals surface area (Å²) in [4.78, 5) is 29.4. The van der Waals surface area contributed by atoms with Gasteiger partial charge >= 0.3 is 0 Å². The number of hydrogen-bond acceptors (Lipinski definition) is 4. The van der Waals surface area contributed by atoms with Crippen molar-refractivity contribution in [3.05, 3.63) is 17.5 Å². The summed E-state index contributed by atoms with van der Waals surface area (Å²) in [6.07, 6.45) is 7.46. The Hall–Kier alpha value is -1.89. The number of aromatic amines is 1. The second-order valence-corrected chi connectivity index (χ2v) is 7.64. The van der Waals surface area contributed by atoms with Gasteiger partial charge in [0.15, 0.2) is 0 Å². The summed E-state index contributed by atoms with van der Waals surface area (Å²) >= 11 is 0. The van der Waals surface area contributed by atoms with E-state index in [2.05, 4.69) is 10.2 Å². The van der Waals surface area contributed by atoms with Crippen LogP contribution in [0.5, 0.6) is 0 Å². The Balaban J connectivity index is 1.49. The first kappa shape index (κ1) is 17.5. The molecule has 1 aromatic rings. The van der Waals surface area contributed by atoms with Crippen LogP contribution in [0.3, 0.4) is 0 Å². The minimum absolute atomic E-state index is 0.0237. The fourth-order valence-electron chi connectivity index (χ4n) is 4.47. The van der Waals surface area contributed by atoms with Crippen LogP contribution in [0.2, 0.25) is 0 Å². The number of carbonyl (C=O) groups excluding carboxylic acids is 2. The molecule has 1 aromatic heterocycles. The number of piperidine rings is 1. The SMILES string of the molecule is O=C(c1cc(C2CCCCN2C(=O)C2CCCC2)[nH]n1)N1CCOCC1. The molecule has 0 bridgehead atoms. The quantitative estimate of drug-likeness (QED) is 0.896. The third kappa shape index (κ3) is 3.49. The Morgan fingerprint density at radius 3 is 2.54 bits per heavy atom. The number of carbonyl (C=O) groups is 2. The number of nitrogens with one attached hydrogen (secondary N) is 1. The van der Waals surface area contributed by atoms with E-state index in [1.807, 2.05) is 11.0 Å². The maximum Gasteiger partial charge on any atom is 0.274 e.